The van der Waals surface area contributed by atoms with Gasteiger partial charge in [-0.1, -0.05) is 20.8 Å². The molecule has 0 saturated heterocycles. The average Bonchev–Trinajstić information content (AvgIpc) is 2.13. The minimum absolute atomic E-state index is 0.00585. The fourth-order valence-electron chi connectivity index (χ4n) is 0.988. The summed E-state index contributed by atoms with van der Waals surface area (Å²) in [6, 6.07) is -0.319. The summed E-state index contributed by atoms with van der Waals surface area (Å²) in [6.07, 6.45) is 1.72. The van der Waals surface area contributed by atoms with Crippen molar-refractivity contribution in [1.29, 1.82) is 0 Å². The van der Waals surface area contributed by atoms with E-state index in [1.165, 1.54) is 0 Å². The molecule has 0 saturated carbocycles. The molecule has 0 radical (unpaired) electrons. The third-order valence-electron chi connectivity index (χ3n) is 2.06. The lowest BCUT2D eigenvalue weighted by molar-refractivity contribution is 0.214. The first kappa shape index (κ1) is 13.2. The molecule has 0 heterocycles. The second-order valence-electron chi connectivity index (χ2n) is 3.87. The molecule has 0 bridgehead atoms. The lowest BCUT2D eigenvalue weighted by Gasteiger charge is -2.15. The zero-order chi connectivity index (χ0) is 11.0. The Kier molecular flexibility index (Phi) is 7.20. The molecule has 0 aromatic rings. The molecule has 0 rings (SSSR count). The Morgan fingerprint density at radius 2 is 2.07 bits per heavy atom. The molecule has 0 aliphatic rings. The first-order valence-corrected chi connectivity index (χ1v) is 5.25. The molecule has 3 N–H and O–H groups in total. The Morgan fingerprint density at radius 1 is 1.43 bits per heavy atom. The summed E-state index contributed by atoms with van der Waals surface area (Å²) in [7, 11) is 0. The average molecular weight is 202 g/mol. The van der Waals surface area contributed by atoms with Gasteiger partial charge in [-0.2, -0.15) is 0 Å². The summed E-state index contributed by atoms with van der Waals surface area (Å²) in [5.74, 6) is 0.593. The van der Waals surface area contributed by atoms with Gasteiger partial charge in [0.15, 0.2) is 0 Å². The van der Waals surface area contributed by atoms with Crippen molar-refractivity contribution < 1.29 is 9.90 Å². The molecule has 4 nitrogen and oxygen atoms in total. The van der Waals surface area contributed by atoms with Crippen LogP contribution in [0.3, 0.4) is 0 Å². The second-order valence-corrected chi connectivity index (χ2v) is 3.87. The lowest BCUT2D eigenvalue weighted by atomic mass is 10.1. The van der Waals surface area contributed by atoms with Gasteiger partial charge in [0, 0.05) is 6.54 Å². The third kappa shape index (κ3) is 6.71. The van der Waals surface area contributed by atoms with Gasteiger partial charge in [-0.25, -0.2) is 4.79 Å². The largest absolute Gasteiger partial charge is 0.394 e. The molecule has 84 valence electrons. The number of urea groups is 1. The van der Waals surface area contributed by atoms with Crippen LogP contribution in [0.15, 0.2) is 0 Å². The fraction of sp³-hybridized carbons (Fsp3) is 0.900. The number of nitrogens with one attached hydrogen (secondary N) is 2. The van der Waals surface area contributed by atoms with Crippen molar-refractivity contribution in [3.8, 4) is 0 Å². The number of aliphatic hydroxyl groups is 1. The number of amides is 2. The molecule has 0 aliphatic carbocycles. The molecule has 2 amide bonds. The standard InChI is InChI=1S/C10H22N2O2/c1-4-9(7-13)12-10(14)11-6-5-8(2)3/h8-9,13H,4-7H2,1-3H3,(H2,11,12,14). The highest BCUT2D eigenvalue weighted by molar-refractivity contribution is 5.74. The Balaban J connectivity index is 3.54. The summed E-state index contributed by atoms with van der Waals surface area (Å²) in [4.78, 5) is 11.2. The van der Waals surface area contributed by atoms with E-state index in [2.05, 4.69) is 24.5 Å². The van der Waals surface area contributed by atoms with Crippen molar-refractivity contribution in [3.63, 3.8) is 0 Å². The number of rotatable bonds is 6. The fourth-order valence-corrected chi connectivity index (χ4v) is 0.988. The van der Waals surface area contributed by atoms with Crippen molar-refractivity contribution in [2.75, 3.05) is 13.2 Å². The number of hydrogen-bond donors (Lipinski definition) is 3. The molecule has 14 heavy (non-hydrogen) atoms. The van der Waals surface area contributed by atoms with Crippen LogP contribution < -0.4 is 10.6 Å². The predicted octanol–water partition coefficient (Wildman–Crippen LogP) is 1.10. The van der Waals surface area contributed by atoms with Crippen molar-refractivity contribution in [3.05, 3.63) is 0 Å². The van der Waals surface area contributed by atoms with Crippen LogP contribution in [0.4, 0.5) is 4.79 Å². The highest BCUT2D eigenvalue weighted by Crippen LogP contribution is 1.96. The summed E-state index contributed by atoms with van der Waals surface area (Å²) < 4.78 is 0. The zero-order valence-electron chi connectivity index (χ0n) is 9.34. The molecule has 0 fully saturated rings. The number of carbonyl (C=O) groups excluding carboxylic acids is 1. The van der Waals surface area contributed by atoms with Gasteiger partial charge in [-0.3, -0.25) is 0 Å². The van der Waals surface area contributed by atoms with E-state index >= 15 is 0 Å². The third-order valence-corrected chi connectivity index (χ3v) is 2.06. The molecule has 0 aromatic carbocycles. The Labute approximate surface area is 86.1 Å². The van der Waals surface area contributed by atoms with Crippen LogP contribution in [0, 0.1) is 5.92 Å². The Morgan fingerprint density at radius 3 is 2.50 bits per heavy atom. The minimum Gasteiger partial charge on any atom is -0.394 e. The maximum Gasteiger partial charge on any atom is 0.315 e. The molecule has 0 aromatic heterocycles. The smallest absolute Gasteiger partial charge is 0.315 e. The van der Waals surface area contributed by atoms with Crippen molar-refractivity contribution in [1.82, 2.24) is 10.6 Å². The first-order chi connectivity index (χ1) is 6.60. The van der Waals surface area contributed by atoms with E-state index in [0.717, 1.165) is 12.8 Å². The van der Waals surface area contributed by atoms with Gasteiger partial charge >= 0.3 is 6.03 Å². The van der Waals surface area contributed by atoms with Crippen molar-refractivity contribution in [2.45, 2.75) is 39.7 Å². The normalized spacial score (nSPS) is 12.6. The highest BCUT2D eigenvalue weighted by Gasteiger charge is 2.07. The van der Waals surface area contributed by atoms with E-state index in [1.54, 1.807) is 0 Å². The quantitative estimate of drug-likeness (QED) is 0.604. The van der Waals surface area contributed by atoms with Crippen molar-refractivity contribution >= 4 is 6.03 Å². The molecule has 1 atom stereocenters. The summed E-state index contributed by atoms with van der Waals surface area (Å²) in [5, 5.41) is 14.3. The Hall–Kier alpha value is -0.770. The lowest BCUT2D eigenvalue weighted by Crippen LogP contribution is -2.43. The molecular formula is C10H22N2O2. The van der Waals surface area contributed by atoms with E-state index < -0.39 is 0 Å². The van der Waals surface area contributed by atoms with Gasteiger partial charge in [0.25, 0.3) is 0 Å². The van der Waals surface area contributed by atoms with E-state index in [9.17, 15) is 4.79 Å². The van der Waals surface area contributed by atoms with Gasteiger partial charge in [-0.05, 0) is 18.8 Å². The summed E-state index contributed by atoms with van der Waals surface area (Å²) in [6.45, 7) is 6.83. The molecular weight excluding hydrogens is 180 g/mol. The van der Waals surface area contributed by atoms with Crippen LogP contribution >= 0.6 is 0 Å². The number of aliphatic hydroxyl groups excluding tert-OH is 1. The Bertz CT molecular complexity index is 156. The number of carbonyl (C=O) groups is 1. The molecule has 1 unspecified atom stereocenters. The van der Waals surface area contributed by atoms with Crippen LogP contribution in [-0.4, -0.2) is 30.3 Å². The van der Waals surface area contributed by atoms with Gasteiger partial charge in [0.2, 0.25) is 0 Å². The predicted molar refractivity (Wildman–Crippen MR) is 57.2 cm³/mol. The van der Waals surface area contributed by atoms with Crippen molar-refractivity contribution in [2.24, 2.45) is 5.92 Å². The van der Waals surface area contributed by atoms with E-state index in [0.29, 0.717) is 12.5 Å². The minimum atomic E-state index is -0.188. The SMILES string of the molecule is CCC(CO)NC(=O)NCCC(C)C. The summed E-state index contributed by atoms with van der Waals surface area (Å²) in [5.41, 5.74) is 0. The van der Waals surface area contributed by atoms with Crippen LogP contribution in [0.5, 0.6) is 0 Å². The van der Waals surface area contributed by atoms with Crippen LogP contribution in [0.25, 0.3) is 0 Å². The maximum absolute atomic E-state index is 11.2. The van der Waals surface area contributed by atoms with Gasteiger partial charge in [-0.15, -0.1) is 0 Å². The van der Waals surface area contributed by atoms with E-state index in [4.69, 9.17) is 5.11 Å². The zero-order valence-corrected chi connectivity index (χ0v) is 9.34. The second kappa shape index (κ2) is 7.62. The summed E-state index contributed by atoms with van der Waals surface area (Å²) >= 11 is 0. The van der Waals surface area contributed by atoms with Gasteiger partial charge in [0.05, 0.1) is 12.6 Å². The number of hydrogen-bond acceptors (Lipinski definition) is 2. The van der Waals surface area contributed by atoms with Gasteiger partial charge < -0.3 is 15.7 Å². The topological polar surface area (TPSA) is 61.4 Å². The van der Waals surface area contributed by atoms with E-state index in [-0.39, 0.29) is 18.7 Å². The van der Waals surface area contributed by atoms with Gasteiger partial charge in [0.1, 0.15) is 0 Å². The highest BCUT2D eigenvalue weighted by atomic mass is 16.3. The maximum atomic E-state index is 11.2. The van der Waals surface area contributed by atoms with Crippen LogP contribution in [0.1, 0.15) is 33.6 Å². The first-order valence-electron chi connectivity index (χ1n) is 5.25. The molecule has 0 spiro atoms. The van der Waals surface area contributed by atoms with Crippen LogP contribution in [-0.2, 0) is 0 Å². The monoisotopic (exact) mass is 202 g/mol. The van der Waals surface area contributed by atoms with Crippen LogP contribution in [0.2, 0.25) is 0 Å². The molecule has 0 aliphatic heterocycles. The van der Waals surface area contributed by atoms with E-state index in [1.807, 2.05) is 6.92 Å². The molecule has 4 heteroatoms.